The predicted molar refractivity (Wildman–Crippen MR) is 86.9 cm³/mol. The number of rotatable bonds is 7. The largest absolute Gasteiger partial charge is 0.250 e. The van der Waals surface area contributed by atoms with Gasteiger partial charge >= 0.3 is 0 Å². The Balaban J connectivity index is 1.95. The van der Waals surface area contributed by atoms with Crippen molar-refractivity contribution < 1.29 is 0 Å². The minimum atomic E-state index is 0.350. The molecule has 0 spiro atoms. The van der Waals surface area contributed by atoms with Gasteiger partial charge in [0.25, 0.3) is 0 Å². The van der Waals surface area contributed by atoms with Crippen LogP contribution in [0, 0.1) is 0 Å². The normalized spacial score (nSPS) is 14.7. The molecule has 2 rings (SSSR count). The van der Waals surface area contributed by atoms with Gasteiger partial charge in [0, 0.05) is 18.2 Å². The van der Waals surface area contributed by atoms with Crippen LogP contribution in [0.2, 0.25) is 0 Å². The maximum atomic E-state index is 4.30. The molecule has 6 nitrogen and oxygen atoms in total. The van der Waals surface area contributed by atoms with Crippen molar-refractivity contribution >= 4 is 0 Å². The van der Waals surface area contributed by atoms with E-state index >= 15 is 0 Å². The Morgan fingerprint density at radius 1 is 1.00 bits per heavy atom. The zero-order valence-electron chi connectivity index (χ0n) is 14.6. The van der Waals surface area contributed by atoms with Crippen molar-refractivity contribution in [2.45, 2.75) is 78.3 Å². The summed E-state index contributed by atoms with van der Waals surface area (Å²) < 4.78 is 3.98. The second-order valence-corrected chi connectivity index (χ2v) is 6.80. The molecule has 6 heteroatoms. The number of hydrogen-bond donors (Lipinski definition) is 0. The van der Waals surface area contributed by atoms with E-state index in [1.165, 1.54) is 5.69 Å². The van der Waals surface area contributed by atoms with Gasteiger partial charge in [0.2, 0.25) is 0 Å². The maximum Gasteiger partial charge on any atom is 0.0855 e. The monoisotopic (exact) mass is 304 g/mol. The SMILES string of the molecule is CC(C)c1cnnn1C(C)CCC(C)c1cn(C(C)C)nn1. The van der Waals surface area contributed by atoms with E-state index in [0.717, 1.165) is 18.5 Å². The minimum absolute atomic E-state index is 0.350. The molecular formula is C16H28N6. The molecule has 0 aliphatic heterocycles. The second kappa shape index (κ2) is 7.03. The van der Waals surface area contributed by atoms with E-state index in [9.17, 15) is 0 Å². The summed E-state index contributed by atoms with van der Waals surface area (Å²) >= 11 is 0. The first-order chi connectivity index (χ1) is 10.4. The third-order valence-electron chi connectivity index (χ3n) is 4.19. The lowest BCUT2D eigenvalue weighted by Crippen LogP contribution is -2.12. The highest BCUT2D eigenvalue weighted by molar-refractivity contribution is 5.03. The molecule has 2 unspecified atom stereocenters. The van der Waals surface area contributed by atoms with Crippen molar-refractivity contribution in [3.8, 4) is 0 Å². The fraction of sp³-hybridized carbons (Fsp3) is 0.750. The van der Waals surface area contributed by atoms with E-state index in [-0.39, 0.29) is 0 Å². The summed E-state index contributed by atoms with van der Waals surface area (Å²) in [5.41, 5.74) is 2.27. The van der Waals surface area contributed by atoms with Gasteiger partial charge in [-0.1, -0.05) is 31.2 Å². The molecule has 0 saturated carbocycles. The van der Waals surface area contributed by atoms with Gasteiger partial charge in [0.05, 0.1) is 23.6 Å². The summed E-state index contributed by atoms with van der Waals surface area (Å²) in [5.74, 6) is 0.849. The average Bonchev–Trinajstić information content (AvgIpc) is 3.12. The molecule has 0 bridgehead atoms. The van der Waals surface area contributed by atoms with Crippen LogP contribution in [0.15, 0.2) is 12.4 Å². The Morgan fingerprint density at radius 2 is 1.73 bits per heavy atom. The third-order valence-corrected chi connectivity index (χ3v) is 4.19. The van der Waals surface area contributed by atoms with Gasteiger partial charge in [-0.3, -0.25) is 0 Å². The molecule has 2 aromatic heterocycles. The van der Waals surface area contributed by atoms with Gasteiger partial charge in [-0.15, -0.1) is 10.2 Å². The van der Waals surface area contributed by atoms with Crippen LogP contribution in [-0.4, -0.2) is 30.0 Å². The third kappa shape index (κ3) is 3.72. The highest BCUT2D eigenvalue weighted by atomic mass is 15.4. The van der Waals surface area contributed by atoms with Crippen LogP contribution in [0.4, 0.5) is 0 Å². The molecule has 122 valence electrons. The Labute approximate surface area is 132 Å². The van der Waals surface area contributed by atoms with Crippen molar-refractivity contribution in [2.75, 3.05) is 0 Å². The topological polar surface area (TPSA) is 61.4 Å². The highest BCUT2D eigenvalue weighted by Crippen LogP contribution is 2.25. The smallest absolute Gasteiger partial charge is 0.0855 e. The Morgan fingerprint density at radius 3 is 2.32 bits per heavy atom. The molecule has 2 atom stereocenters. The number of aromatic nitrogens is 6. The molecule has 2 heterocycles. The predicted octanol–water partition coefficient (Wildman–Crippen LogP) is 3.72. The van der Waals surface area contributed by atoms with Gasteiger partial charge in [-0.25, -0.2) is 9.36 Å². The van der Waals surface area contributed by atoms with Gasteiger partial charge in [-0.2, -0.15) is 0 Å². The van der Waals surface area contributed by atoms with E-state index in [0.29, 0.717) is 23.9 Å². The summed E-state index contributed by atoms with van der Waals surface area (Å²) in [7, 11) is 0. The molecule has 0 amide bonds. The summed E-state index contributed by atoms with van der Waals surface area (Å²) in [6.07, 6.45) is 6.06. The van der Waals surface area contributed by atoms with Gasteiger partial charge < -0.3 is 0 Å². The zero-order valence-corrected chi connectivity index (χ0v) is 14.6. The quantitative estimate of drug-likeness (QED) is 0.782. The Bertz CT molecular complexity index is 583. The van der Waals surface area contributed by atoms with Crippen molar-refractivity contribution in [3.63, 3.8) is 0 Å². The van der Waals surface area contributed by atoms with Crippen molar-refractivity contribution in [1.29, 1.82) is 0 Å². The average molecular weight is 304 g/mol. The number of nitrogens with zero attached hydrogens (tertiary/aromatic N) is 6. The van der Waals surface area contributed by atoms with Crippen LogP contribution in [0.5, 0.6) is 0 Å². The van der Waals surface area contributed by atoms with Crippen LogP contribution < -0.4 is 0 Å². The first-order valence-corrected chi connectivity index (χ1v) is 8.22. The molecule has 0 radical (unpaired) electrons. The van der Waals surface area contributed by atoms with E-state index in [1.54, 1.807) is 0 Å². The molecule has 2 aromatic rings. The first-order valence-electron chi connectivity index (χ1n) is 8.22. The fourth-order valence-electron chi connectivity index (χ4n) is 2.54. The summed E-state index contributed by atoms with van der Waals surface area (Å²) in [6, 6.07) is 0.707. The summed E-state index contributed by atoms with van der Waals surface area (Å²) in [5, 5.41) is 16.8. The first kappa shape index (κ1) is 16.6. The number of hydrogen-bond acceptors (Lipinski definition) is 4. The molecule has 0 aliphatic rings. The molecule has 22 heavy (non-hydrogen) atoms. The second-order valence-electron chi connectivity index (χ2n) is 6.80. The van der Waals surface area contributed by atoms with Crippen LogP contribution in [0.25, 0.3) is 0 Å². The van der Waals surface area contributed by atoms with E-state index in [2.05, 4.69) is 73.0 Å². The summed E-state index contributed by atoms with van der Waals surface area (Å²) in [6.45, 7) is 13.0. The zero-order chi connectivity index (χ0) is 16.3. The van der Waals surface area contributed by atoms with Crippen LogP contribution in [-0.2, 0) is 0 Å². The maximum absolute atomic E-state index is 4.30. The molecule has 0 N–H and O–H groups in total. The minimum Gasteiger partial charge on any atom is -0.250 e. The van der Waals surface area contributed by atoms with Crippen LogP contribution in [0.3, 0.4) is 0 Å². The standard InChI is InChI=1S/C16H28N6/c1-11(2)16-9-17-19-22(16)14(6)8-7-13(5)15-10-21(12(3)4)20-18-15/h9-14H,7-8H2,1-6H3. The molecule has 0 saturated heterocycles. The van der Waals surface area contributed by atoms with Gasteiger partial charge in [0.15, 0.2) is 0 Å². The molecule has 0 fully saturated rings. The highest BCUT2D eigenvalue weighted by Gasteiger charge is 2.17. The fourth-order valence-corrected chi connectivity index (χ4v) is 2.54. The molecule has 0 aromatic carbocycles. The van der Waals surface area contributed by atoms with E-state index < -0.39 is 0 Å². The lowest BCUT2D eigenvalue weighted by Gasteiger charge is -2.17. The van der Waals surface area contributed by atoms with E-state index in [1.807, 2.05) is 10.9 Å². The summed E-state index contributed by atoms with van der Waals surface area (Å²) in [4.78, 5) is 0. The van der Waals surface area contributed by atoms with E-state index in [4.69, 9.17) is 0 Å². The lowest BCUT2D eigenvalue weighted by molar-refractivity contribution is 0.403. The van der Waals surface area contributed by atoms with Crippen LogP contribution in [0.1, 0.15) is 89.7 Å². The molecular weight excluding hydrogens is 276 g/mol. The van der Waals surface area contributed by atoms with Crippen molar-refractivity contribution in [3.05, 3.63) is 23.8 Å². The molecule has 0 aliphatic carbocycles. The van der Waals surface area contributed by atoms with Crippen molar-refractivity contribution in [2.24, 2.45) is 0 Å². The Kier molecular flexibility index (Phi) is 5.32. The Hall–Kier alpha value is -1.72. The van der Waals surface area contributed by atoms with Gasteiger partial charge in [-0.05, 0) is 39.5 Å². The lowest BCUT2D eigenvalue weighted by atomic mass is 9.99. The van der Waals surface area contributed by atoms with Crippen LogP contribution >= 0.6 is 0 Å². The van der Waals surface area contributed by atoms with Gasteiger partial charge in [0.1, 0.15) is 0 Å². The van der Waals surface area contributed by atoms with Crippen molar-refractivity contribution in [1.82, 2.24) is 30.0 Å².